The number of rotatable bonds is 2. The molecule has 14 heavy (non-hydrogen) atoms. The molecule has 0 spiro atoms. The topological polar surface area (TPSA) is 47.7 Å². The molecular weight excluding hydrogens is 180 g/mol. The smallest absolute Gasteiger partial charge is 0.0662 e. The molecule has 1 atom stereocenters. The first-order chi connectivity index (χ1) is 6.87. The summed E-state index contributed by atoms with van der Waals surface area (Å²) in [5.41, 5.74) is 6.01. The van der Waals surface area contributed by atoms with Crippen LogP contribution in [0.3, 0.4) is 0 Å². The van der Waals surface area contributed by atoms with Crippen molar-refractivity contribution < 1.29 is 9.47 Å². The Labute approximate surface area is 85.3 Å². The Bertz CT molecular complexity index is 175. The van der Waals surface area contributed by atoms with Gasteiger partial charge in [-0.15, -0.1) is 0 Å². The molecule has 0 aromatic carbocycles. The largest absolute Gasteiger partial charge is 0.379 e. The quantitative estimate of drug-likeness (QED) is 0.672. The van der Waals surface area contributed by atoms with Crippen LogP contribution in [0.4, 0.5) is 0 Å². The van der Waals surface area contributed by atoms with Crippen molar-refractivity contribution in [2.45, 2.75) is 18.4 Å². The van der Waals surface area contributed by atoms with Gasteiger partial charge in [-0.3, -0.25) is 4.90 Å². The van der Waals surface area contributed by atoms with Gasteiger partial charge >= 0.3 is 0 Å². The molecule has 2 rings (SSSR count). The van der Waals surface area contributed by atoms with Crippen molar-refractivity contribution in [2.24, 2.45) is 5.73 Å². The van der Waals surface area contributed by atoms with E-state index in [4.69, 9.17) is 15.2 Å². The zero-order chi connectivity index (χ0) is 9.86. The zero-order valence-electron chi connectivity index (χ0n) is 8.71. The van der Waals surface area contributed by atoms with E-state index >= 15 is 0 Å². The van der Waals surface area contributed by atoms with E-state index in [0.29, 0.717) is 6.54 Å². The lowest BCUT2D eigenvalue weighted by Gasteiger charge is -2.46. The summed E-state index contributed by atoms with van der Waals surface area (Å²) in [6, 6.07) is 0. The maximum Gasteiger partial charge on any atom is 0.0662 e. The maximum atomic E-state index is 5.91. The molecule has 4 nitrogen and oxygen atoms in total. The molecule has 4 heteroatoms. The molecule has 0 unspecified atom stereocenters. The van der Waals surface area contributed by atoms with Gasteiger partial charge in [0.1, 0.15) is 0 Å². The van der Waals surface area contributed by atoms with E-state index in [9.17, 15) is 0 Å². The molecule has 2 aliphatic rings. The lowest BCUT2D eigenvalue weighted by atomic mass is 9.90. The van der Waals surface area contributed by atoms with Crippen LogP contribution in [0, 0.1) is 0 Å². The van der Waals surface area contributed by atoms with Gasteiger partial charge in [-0.25, -0.2) is 0 Å². The molecule has 0 bridgehead atoms. The van der Waals surface area contributed by atoms with Crippen LogP contribution in [0.2, 0.25) is 0 Å². The van der Waals surface area contributed by atoms with Gasteiger partial charge in [0.15, 0.2) is 0 Å². The second kappa shape index (κ2) is 4.57. The number of hydrogen-bond donors (Lipinski definition) is 1. The number of nitrogens with zero attached hydrogens (tertiary/aromatic N) is 1. The van der Waals surface area contributed by atoms with Gasteiger partial charge in [0, 0.05) is 26.2 Å². The van der Waals surface area contributed by atoms with E-state index in [2.05, 4.69) is 4.90 Å². The highest BCUT2D eigenvalue weighted by Crippen LogP contribution is 2.26. The molecule has 2 aliphatic heterocycles. The molecule has 0 aromatic heterocycles. The van der Waals surface area contributed by atoms with Crippen molar-refractivity contribution in [1.29, 1.82) is 0 Å². The van der Waals surface area contributed by atoms with Gasteiger partial charge < -0.3 is 15.2 Å². The molecular formula is C10H20N2O2. The monoisotopic (exact) mass is 200 g/mol. The number of ether oxygens (including phenoxy) is 2. The summed E-state index contributed by atoms with van der Waals surface area (Å²) in [6.07, 6.45) is 2.30. The predicted octanol–water partition coefficient (Wildman–Crippen LogP) is -0.173. The van der Waals surface area contributed by atoms with Crippen LogP contribution in [0.1, 0.15) is 12.8 Å². The third-order valence-electron chi connectivity index (χ3n) is 3.36. The van der Waals surface area contributed by atoms with E-state index in [0.717, 1.165) is 45.9 Å². The average Bonchev–Trinajstić information content (AvgIpc) is 2.31. The van der Waals surface area contributed by atoms with Crippen LogP contribution in [-0.2, 0) is 9.47 Å². The third kappa shape index (κ3) is 1.93. The molecule has 0 radical (unpaired) electrons. The lowest BCUT2D eigenvalue weighted by molar-refractivity contribution is -0.0817. The van der Waals surface area contributed by atoms with E-state index in [1.807, 2.05) is 0 Å². The third-order valence-corrected chi connectivity index (χ3v) is 3.36. The Morgan fingerprint density at radius 3 is 2.50 bits per heavy atom. The average molecular weight is 200 g/mol. The minimum Gasteiger partial charge on any atom is -0.379 e. The second-order valence-corrected chi connectivity index (χ2v) is 4.18. The zero-order valence-corrected chi connectivity index (χ0v) is 8.71. The highest BCUT2D eigenvalue weighted by molar-refractivity contribution is 4.94. The van der Waals surface area contributed by atoms with Crippen LogP contribution in [0.5, 0.6) is 0 Å². The fourth-order valence-corrected chi connectivity index (χ4v) is 2.41. The standard InChI is InChI=1S/C10H20N2O2/c11-8-10(2-1-5-14-9-10)12-3-6-13-7-4-12/h1-9,11H2/t10-/m0/s1. The van der Waals surface area contributed by atoms with Crippen LogP contribution in [0.25, 0.3) is 0 Å². The summed E-state index contributed by atoms with van der Waals surface area (Å²) in [7, 11) is 0. The molecule has 0 aliphatic carbocycles. The molecule has 0 amide bonds. The van der Waals surface area contributed by atoms with E-state index < -0.39 is 0 Å². The normalized spacial score (nSPS) is 35.8. The summed E-state index contributed by atoms with van der Waals surface area (Å²) in [4.78, 5) is 2.45. The highest BCUT2D eigenvalue weighted by Gasteiger charge is 2.38. The summed E-state index contributed by atoms with van der Waals surface area (Å²) in [5, 5.41) is 0. The molecule has 2 heterocycles. The SMILES string of the molecule is NC[C@@]1(N2CCOCC2)CCCOC1. The van der Waals surface area contributed by atoms with Gasteiger partial charge in [-0.05, 0) is 12.8 Å². The number of morpholine rings is 1. The van der Waals surface area contributed by atoms with Gasteiger partial charge in [-0.2, -0.15) is 0 Å². The Balaban J connectivity index is 2.01. The van der Waals surface area contributed by atoms with Crippen LogP contribution in [-0.4, -0.2) is 56.5 Å². The number of hydrogen-bond acceptors (Lipinski definition) is 4. The van der Waals surface area contributed by atoms with Crippen LogP contribution >= 0.6 is 0 Å². The summed E-state index contributed by atoms with van der Waals surface area (Å²) in [6.45, 7) is 6.06. The Morgan fingerprint density at radius 2 is 1.93 bits per heavy atom. The van der Waals surface area contributed by atoms with Gasteiger partial charge in [0.25, 0.3) is 0 Å². The fourth-order valence-electron chi connectivity index (χ4n) is 2.41. The van der Waals surface area contributed by atoms with Crippen molar-refractivity contribution in [2.75, 3.05) is 46.1 Å². The van der Waals surface area contributed by atoms with Crippen molar-refractivity contribution in [3.05, 3.63) is 0 Å². The first kappa shape index (κ1) is 10.4. The maximum absolute atomic E-state index is 5.91. The minimum atomic E-state index is 0.0992. The summed E-state index contributed by atoms with van der Waals surface area (Å²) >= 11 is 0. The Hall–Kier alpha value is -0.160. The second-order valence-electron chi connectivity index (χ2n) is 4.18. The predicted molar refractivity (Wildman–Crippen MR) is 54.2 cm³/mol. The molecule has 2 saturated heterocycles. The molecule has 82 valence electrons. The van der Waals surface area contributed by atoms with Crippen molar-refractivity contribution in [1.82, 2.24) is 4.90 Å². The van der Waals surface area contributed by atoms with Crippen molar-refractivity contribution in [3.8, 4) is 0 Å². The van der Waals surface area contributed by atoms with Crippen molar-refractivity contribution in [3.63, 3.8) is 0 Å². The van der Waals surface area contributed by atoms with Crippen LogP contribution < -0.4 is 5.73 Å². The Kier molecular flexibility index (Phi) is 3.38. The summed E-state index contributed by atoms with van der Waals surface area (Å²) in [5.74, 6) is 0. The molecule has 0 aromatic rings. The molecule has 0 saturated carbocycles. The van der Waals surface area contributed by atoms with Crippen molar-refractivity contribution >= 4 is 0 Å². The number of nitrogens with two attached hydrogens (primary N) is 1. The van der Waals surface area contributed by atoms with Gasteiger partial charge in [0.05, 0.1) is 25.4 Å². The fraction of sp³-hybridized carbons (Fsp3) is 1.00. The summed E-state index contributed by atoms with van der Waals surface area (Å²) < 4.78 is 10.9. The van der Waals surface area contributed by atoms with E-state index in [-0.39, 0.29) is 5.54 Å². The first-order valence-corrected chi connectivity index (χ1v) is 5.48. The highest BCUT2D eigenvalue weighted by atomic mass is 16.5. The first-order valence-electron chi connectivity index (χ1n) is 5.48. The minimum absolute atomic E-state index is 0.0992. The van der Waals surface area contributed by atoms with Gasteiger partial charge in [-0.1, -0.05) is 0 Å². The Morgan fingerprint density at radius 1 is 1.14 bits per heavy atom. The van der Waals surface area contributed by atoms with Gasteiger partial charge in [0.2, 0.25) is 0 Å². The van der Waals surface area contributed by atoms with E-state index in [1.165, 1.54) is 6.42 Å². The van der Waals surface area contributed by atoms with Crippen LogP contribution in [0.15, 0.2) is 0 Å². The molecule has 2 N–H and O–H groups in total. The lowest BCUT2D eigenvalue weighted by Crippen LogP contribution is -2.61. The van der Waals surface area contributed by atoms with E-state index in [1.54, 1.807) is 0 Å². The molecule has 2 fully saturated rings.